The van der Waals surface area contributed by atoms with Gasteiger partial charge in [-0.2, -0.15) is 0 Å². The lowest BCUT2D eigenvalue weighted by Gasteiger charge is -2.23. The second kappa shape index (κ2) is 4.94. The van der Waals surface area contributed by atoms with Crippen molar-refractivity contribution in [1.29, 1.82) is 0 Å². The van der Waals surface area contributed by atoms with Crippen molar-refractivity contribution in [3.05, 3.63) is 30.1 Å². The van der Waals surface area contributed by atoms with E-state index in [2.05, 4.69) is 17.2 Å². The highest BCUT2D eigenvalue weighted by molar-refractivity contribution is 5.76. The van der Waals surface area contributed by atoms with Crippen LogP contribution in [0.3, 0.4) is 0 Å². The van der Waals surface area contributed by atoms with Crippen molar-refractivity contribution < 1.29 is 5.11 Å². The van der Waals surface area contributed by atoms with Crippen LogP contribution in [0, 0.1) is 0 Å². The van der Waals surface area contributed by atoms with Gasteiger partial charge in [0.05, 0.1) is 23.5 Å². The number of aryl methyl sites for hydroxylation is 1. The minimum Gasteiger partial charge on any atom is -0.387 e. The molecule has 0 radical (unpaired) electrons. The molecular formula is C15H21N3O. The maximum atomic E-state index is 10.5. The molecule has 1 aliphatic carbocycles. The molecule has 102 valence electrons. The molecule has 2 aromatic rings. The minimum atomic E-state index is -0.461. The van der Waals surface area contributed by atoms with Gasteiger partial charge in [0.1, 0.15) is 0 Å². The summed E-state index contributed by atoms with van der Waals surface area (Å²) in [6.45, 7) is 2.11. The maximum absolute atomic E-state index is 10.5. The predicted molar refractivity (Wildman–Crippen MR) is 75.9 cm³/mol. The predicted octanol–water partition coefficient (Wildman–Crippen LogP) is 2.14. The molecule has 0 aliphatic heterocycles. The van der Waals surface area contributed by atoms with Crippen LogP contribution < -0.4 is 5.32 Å². The molecule has 0 saturated heterocycles. The van der Waals surface area contributed by atoms with E-state index in [4.69, 9.17) is 0 Å². The molecule has 1 saturated carbocycles. The van der Waals surface area contributed by atoms with Gasteiger partial charge < -0.3 is 15.0 Å². The number of rotatable bonds is 5. The Kier molecular flexibility index (Phi) is 3.29. The zero-order valence-corrected chi connectivity index (χ0v) is 11.5. The third-order valence-electron chi connectivity index (χ3n) is 3.94. The molecule has 1 aliphatic rings. The number of nitrogens with one attached hydrogen (secondary N) is 1. The summed E-state index contributed by atoms with van der Waals surface area (Å²) >= 11 is 0. The summed E-state index contributed by atoms with van der Waals surface area (Å²) in [4.78, 5) is 4.35. The van der Waals surface area contributed by atoms with Gasteiger partial charge in [0.2, 0.25) is 0 Å². The zero-order chi connectivity index (χ0) is 13.4. The van der Waals surface area contributed by atoms with Gasteiger partial charge in [0.25, 0.3) is 0 Å². The Morgan fingerprint density at radius 3 is 2.95 bits per heavy atom. The van der Waals surface area contributed by atoms with Crippen LogP contribution in [0.5, 0.6) is 0 Å². The van der Waals surface area contributed by atoms with E-state index in [9.17, 15) is 5.11 Å². The molecule has 0 amide bonds. The van der Waals surface area contributed by atoms with E-state index in [0.29, 0.717) is 6.04 Å². The number of aromatic nitrogens is 2. The Hall–Kier alpha value is -1.39. The molecule has 3 rings (SSSR count). The molecule has 1 aromatic heterocycles. The molecule has 1 heterocycles. The normalized spacial score (nSPS) is 18.7. The van der Waals surface area contributed by atoms with E-state index in [1.807, 2.05) is 29.8 Å². The van der Waals surface area contributed by atoms with Crippen LogP contribution in [0.25, 0.3) is 11.0 Å². The van der Waals surface area contributed by atoms with Gasteiger partial charge >= 0.3 is 0 Å². The molecule has 2 unspecified atom stereocenters. The first-order valence-electron chi connectivity index (χ1n) is 7.04. The lowest BCUT2D eigenvalue weighted by Crippen LogP contribution is -2.35. The third kappa shape index (κ3) is 2.51. The van der Waals surface area contributed by atoms with Gasteiger partial charge in [-0.05, 0) is 37.0 Å². The van der Waals surface area contributed by atoms with Crippen molar-refractivity contribution >= 4 is 11.0 Å². The van der Waals surface area contributed by atoms with Crippen molar-refractivity contribution in [2.45, 2.75) is 44.4 Å². The fourth-order valence-electron chi connectivity index (χ4n) is 2.55. The SMILES string of the molecule is CCC(NC1CC1)C(O)c1ccc2c(c1)ncn2C. The molecular weight excluding hydrogens is 238 g/mol. The summed E-state index contributed by atoms with van der Waals surface area (Å²) in [5, 5.41) is 14.0. The van der Waals surface area contributed by atoms with Gasteiger partial charge in [0, 0.05) is 19.1 Å². The average Bonchev–Trinajstić information content (AvgIpc) is 3.18. The van der Waals surface area contributed by atoms with E-state index in [0.717, 1.165) is 23.0 Å². The van der Waals surface area contributed by atoms with Gasteiger partial charge in [-0.1, -0.05) is 13.0 Å². The monoisotopic (exact) mass is 259 g/mol. The van der Waals surface area contributed by atoms with E-state index in [-0.39, 0.29) is 6.04 Å². The quantitative estimate of drug-likeness (QED) is 0.865. The van der Waals surface area contributed by atoms with Crippen LogP contribution in [0.1, 0.15) is 37.9 Å². The van der Waals surface area contributed by atoms with Crippen molar-refractivity contribution in [3.8, 4) is 0 Å². The van der Waals surface area contributed by atoms with Crippen LogP contribution >= 0.6 is 0 Å². The van der Waals surface area contributed by atoms with Crippen molar-refractivity contribution in [1.82, 2.24) is 14.9 Å². The van der Waals surface area contributed by atoms with Gasteiger partial charge in [0.15, 0.2) is 0 Å². The third-order valence-corrected chi connectivity index (χ3v) is 3.94. The fourth-order valence-corrected chi connectivity index (χ4v) is 2.55. The molecule has 19 heavy (non-hydrogen) atoms. The Bertz CT molecular complexity index is 574. The maximum Gasteiger partial charge on any atom is 0.0955 e. The van der Waals surface area contributed by atoms with Gasteiger partial charge in [-0.3, -0.25) is 0 Å². The number of hydrogen-bond acceptors (Lipinski definition) is 3. The van der Waals surface area contributed by atoms with Crippen molar-refractivity contribution in [2.75, 3.05) is 0 Å². The van der Waals surface area contributed by atoms with Gasteiger partial charge in [-0.25, -0.2) is 4.98 Å². The standard InChI is InChI=1S/C15H21N3O/c1-3-12(17-11-5-6-11)15(19)10-4-7-14-13(8-10)16-9-18(14)2/h4,7-9,11-12,15,17,19H,3,5-6H2,1-2H3. The first kappa shape index (κ1) is 12.6. The van der Waals surface area contributed by atoms with Crippen LogP contribution in [-0.2, 0) is 7.05 Å². The number of nitrogens with zero attached hydrogens (tertiary/aromatic N) is 2. The summed E-state index contributed by atoms with van der Waals surface area (Å²) in [6, 6.07) is 6.78. The van der Waals surface area contributed by atoms with Crippen LogP contribution in [0.2, 0.25) is 0 Å². The molecule has 2 atom stereocenters. The van der Waals surface area contributed by atoms with E-state index in [1.165, 1.54) is 12.8 Å². The Balaban J connectivity index is 1.84. The average molecular weight is 259 g/mol. The first-order valence-corrected chi connectivity index (χ1v) is 7.04. The molecule has 0 spiro atoms. The highest BCUT2D eigenvalue weighted by Crippen LogP contribution is 2.26. The highest BCUT2D eigenvalue weighted by atomic mass is 16.3. The number of benzene rings is 1. The number of aliphatic hydroxyl groups is 1. The number of fused-ring (bicyclic) bond motifs is 1. The van der Waals surface area contributed by atoms with Crippen molar-refractivity contribution in [2.24, 2.45) is 7.05 Å². The fraction of sp³-hybridized carbons (Fsp3) is 0.533. The number of hydrogen-bond donors (Lipinski definition) is 2. The van der Waals surface area contributed by atoms with E-state index >= 15 is 0 Å². The summed E-state index contributed by atoms with van der Waals surface area (Å²) in [5.41, 5.74) is 2.99. The number of imidazole rings is 1. The Morgan fingerprint density at radius 2 is 2.26 bits per heavy atom. The summed E-state index contributed by atoms with van der Waals surface area (Å²) in [5.74, 6) is 0. The van der Waals surface area contributed by atoms with Gasteiger partial charge in [-0.15, -0.1) is 0 Å². The summed E-state index contributed by atoms with van der Waals surface area (Å²) in [7, 11) is 1.98. The zero-order valence-electron chi connectivity index (χ0n) is 11.5. The minimum absolute atomic E-state index is 0.133. The van der Waals surface area contributed by atoms with Crippen LogP contribution in [0.4, 0.5) is 0 Å². The number of aliphatic hydroxyl groups excluding tert-OH is 1. The first-order chi connectivity index (χ1) is 9.19. The highest BCUT2D eigenvalue weighted by Gasteiger charge is 2.28. The molecule has 1 aromatic carbocycles. The lowest BCUT2D eigenvalue weighted by molar-refractivity contribution is 0.125. The molecule has 0 bridgehead atoms. The Labute approximate surface area is 113 Å². The molecule has 4 nitrogen and oxygen atoms in total. The van der Waals surface area contributed by atoms with Crippen molar-refractivity contribution in [3.63, 3.8) is 0 Å². The summed E-state index contributed by atoms with van der Waals surface area (Å²) < 4.78 is 1.99. The summed E-state index contributed by atoms with van der Waals surface area (Å²) in [6.07, 6.45) is 4.75. The Morgan fingerprint density at radius 1 is 1.47 bits per heavy atom. The molecule has 1 fully saturated rings. The second-order valence-electron chi connectivity index (χ2n) is 5.50. The molecule has 2 N–H and O–H groups in total. The second-order valence-corrected chi connectivity index (χ2v) is 5.50. The van der Waals surface area contributed by atoms with Crippen LogP contribution in [-0.4, -0.2) is 26.7 Å². The van der Waals surface area contributed by atoms with Crippen LogP contribution in [0.15, 0.2) is 24.5 Å². The largest absolute Gasteiger partial charge is 0.387 e. The smallest absolute Gasteiger partial charge is 0.0955 e. The topological polar surface area (TPSA) is 50.1 Å². The lowest BCUT2D eigenvalue weighted by atomic mass is 9.99. The molecule has 4 heteroatoms. The van der Waals surface area contributed by atoms with E-state index < -0.39 is 6.10 Å². The van der Waals surface area contributed by atoms with E-state index in [1.54, 1.807) is 6.33 Å².